The predicted octanol–water partition coefficient (Wildman–Crippen LogP) is 5.10. The first-order valence-corrected chi connectivity index (χ1v) is 9.05. The van der Waals surface area contributed by atoms with E-state index in [4.69, 9.17) is 0 Å². The number of hydrogen-bond acceptors (Lipinski definition) is 2. The average Bonchev–Trinajstić information content (AvgIpc) is 2.41. The Morgan fingerprint density at radius 2 is 2.16 bits per heavy atom. The van der Waals surface area contributed by atoms with Gasteiger partial charge in [-0.25, -0.2) is 0 Å². The van der Waals surface area contributed by atoms with Crippen molar-refractivity contribution in [3.05, 3.63) is 28.7 Å². The summed E-state index contributed by atoms with van der Waals surface area (Å²) in [6, 6.07) is 9.38. The SMILES string of the molecule is CCNC1CCC(CC)CC1Sc1cccc(Br)c1. The van der Waals surface area contributed by atoms with E-state index in [2.05, 4.69) is 71.1 Å². The Labute approximate surface area is 130 Å². The smallest absolute Gasteiger partial charge is 0.0251 e. The summed E-state index contributed by atoms with van der Waals surface area (Å²) >= 11 is 5.62. The number of rotatable bonds is 5. The molecule has 1 aromatic rings. The second-order valence-corrected chi connectivity index (χ2v) is 7.59. The van der Waals surface area contributed by atoms with Crippen molar-refractivity contribution in [2.45, 2.75) is 55.7 Å². The van der Waals surface area contributed by atoms with Gasteiger partial charge in [0.2, 0.25) is 0 Å². The fraction of sp³-hybridized carbons (Fsp3) is 0.625. The third kappa shape index (κ3) is 4.51. The Morgan fingerprint density at radius 3 is 2.84 bits per heavy atom. The molecule has 2 rings (SSSR count). The van der Waals surface area contributed by atoms with Gasteiger partial charge in [-0.15, -0.1) is 11.8 Å². The van der Waals surface area contributed by atoms with Crippen molar-refractivity contribution in [1.29, 1.82) is 0 Å². The van der Waals surface area contributed by atoms with Gasteiger partial charge in [0.05, 0.1) is 0 Å². The van der Waals surface area contributed by atoms with Crippen LogP contribution in [0.1, 0.15) is 39.5 Å². The summed E-state index contributed by atoms with van der Waals surface area (Å²) in [5.41, 5.74) is 0. The maximum absolute atomic E-state index is 3.68. The Morgan fingerprint density at radius 1 is 1.32 bits per heavy atom. The monoisotopic (exact) mass is 341 g/mol. The molecular weight excluding hydrogens is 318 g/mol. The molecule has 106 valence electrons. The third-order valence-electron chi connectivity index (χ3n) is 4.03. The zero-order valence-corrected chi connectivity index (χ0v) is 14.3. The van der Waals surface area contributed by atoms with Crippen molar-refractivity contribution >= 4 is 27.7 Å². The maximum atomic E-state index is 3.68. The number of thioether (sulfide) groups is 1. The highest BCUT2D eigenvalue weighted by molar-refractivity contribution is 9.10. The molecule has 0 spiro atoms. The van der Waals surface area contributed by atoms with Gasteiger partial charge >= 0.3 is 0 Å². The van der Waals surface area contributed by atoms with Gasteiger partial charge in [0.1, 0.15) is 0 Å². The number of halogens is 1. The quantitative estimate of drug-likeness (QED) is 0.799. The highest BCUT2D eigenvalue weighted by Crippen LogP contribution is 2.38. The summed E-state index contributed by atoms with van der Waals surface area (Å²) in [6.45, 7) is 5.63. The van der Waals surface area contributed by atoms with Crippen LogP contribution in [-0.2, 0) is 0 Å². The van der Waals surface area contributed by atoms with Crippen molar-refractivity contribution in [3.8, 4) is 0 Å². The van der Waals surface area contributed by atoms with Gasteiger partial charge in [-0.1, -0.05) is 42.3 Å². The van der Waals surface area contributed by atoms with Crippen LogP contribution in [0.5, 0.6) is 0 Å². The van der Waals surface area contributed by atoms with E-state index >= 15 is 0 Å². The first kappa shape index (κ1) is 15.4. The molecule has 1 fully saturated rings. The summed E-state index contributed by atoms with van der Waals surface area (Å²) < 4.78 is 1.18. The molecule has 3 atom stereocenters. The van der Waals surface area contributed by atoms with Crippen LogP contribution in [0.3, 0.4) is 0 Å². The molecule has 3 heteroatoms. The van der Waals surface area contributed by atoms with Gasteiger partial charge in [0, 0.05) is 20.7 Å². The minimum absolute atomic E-state index is 0.678. The highest BCUT2D eigenvalue weighted by Gasteiger charge is 2.29. The second-order valence-electron chi connectivity index (χ2n) is 5.37. The molecule has 0 amide bonds. The lowest BCUT2D eigenvalue weighted by Gasteiger charge is -2.36. The molecule has 1 aliphatic rings. The van der Waals surface area contributed by atoms with Crippen LogP contribution in [-0.4, -0.2) is 17.8 Å². The molecular formula is C16H24BrNS. The second kappa shape index (κ2) is 7.70. The molecule has 1 N–H and O–H groups in total. The molecule has 3 unspecified atom stereocenters. The van der Waals surface area contributed by atoms with E-state index in [9.17, 15) is 0 Å². The van der Waals surface area contributed by atoms with E-state index in [1.807, 2.05) is 0 Å². The van der Waals surface area contributed by atoms with Crippen LogP contribution in [0.25, 0.3) is 0 Å². The van der Waals surface area contributed by atoms with Crippen LogP contribution in [0.15, 0.2) is 33.6 Å². The van der Waals surface area contributed by atoms with Gasteiger partial charge in [0.25, 0.3) is 0 Å². The lowest BCUT2D eigenvalue weighted by Crippen LogP contribution is -2.42. The van der Waals surface area contributed by atoms with Gasteiger partial charge in [-0.3, -0.25) is 0 Å². The molecule has 0 saturated heterocycles. The van der Waals surface area contributed by atoms with Crippen molar-refractivity contribution in [3.63, 3.8) is 0 Å². The molecule has 1 aliphatic carbocycles. The summed E-state index contributed by atoms with van der Waals surface area (Å²) in [6.07, 6.45) is 5.40. The van der Waals surface area contributed by atoms with Gasteiger partial charge in [0.15, 0.2) is 0 Å². The van der Waals surface area contributed by atoms with Crippen molar-refractivity contribution in [2.24, 2.45) is 5.92 Å². The van der Waals surface area contributed by atoms with Crippen molar-refractivity contribution in [2.75, 3.05) is 6.54 Å². The minimum atomic E-state index is 0.678. The van der Waals surface area contributed by atoms with Crippen molar-refractivity contribution in [1.82, 2.24) is 5.32 Å². The Hall–Kier alpha value is 0.01000. The third-order valence-corrected chi connectivity index (χ3v) is 5.87. The molecule has 1 nitrogen and oxygen atoms in total. The topological polar surface area (TPSA) is 12.0 Å². The lowest BCUT2D eigenvalue weighted by molar-refractivity contribution is 0.298. The van der Waals surface area contributed by atoms with E-state index < -0.39 is 0 Å². The largest absolute Gasteiger partial charge is 0.313 e. The van der Waals surface area contributed by atoms with Crippen LogP contribution in [0.4, 0.5) is 0 Å². The van der Waals surface area contributed by atoms with Crippen LogP contribution in [0.2, 0.25) is 0 Å². The highest BCUT2D eigenvalue weighted by atomic mass is 79.9. The van der Waals surface area contributed by atoms with Gasteiger partial charge in [-0.2, -0.15) is 0 Å². The zero-order valence-electron chi connectivity index (χ0n) is 11.9. The molecule has 0 aromatic heterocycles. The Kier molecular flexibility index (Phi) is 6.24. The molecule has 0 heterocycles. The zero-order chi connectivity index (χ0) is 13.7. The first-order valence-electron chi connectivity index (χ1n) is 7.38. The van der Waals surface area contributed by atoms with Gasteiger partial charge in [-0.05, 0) is 49.9 Å². The minimum Gasteiger partial charge on any atom is -0.313 e. The fourth-order valence-corrected chi connectivity index (χ4v) is 4.94. The lowest BCUT2D eigenvalue weighted by atomic mass is 9.84. The molecule has 19 heavy (non-hydrogen) atoms. The molecule has 1 aromatic carbocycles. The average molecular weight is 342 g/mol. The maximum Gasteiger partial charge on any atom is 0.0251 e. The fourth-order valence-electron chi connectivity index (χ4n) is 2.92. The molecule has 0 aliphatic heterocycles. The van der Waals surface area contributed by atoms with E-state index in [0.717, 1.165) is 12.5 Å². The normalized spacial score (nSPS) is 27.4. The Bertz CT molecular complexity index is 396. The van der Waals surface area contributed by atoms with Crippen molar-refractivity contribution < 1.29 is 0 Å². The van der Waals surface area contributed by atoms with Crippen LogP contribution < -0.4 is 5.32 Å². The van der Waals surface area contributed by atoms with E-state index in [1.54, 1.807) is 0 Å². The molecule has 0 radical (unpaired) electrons. The molecule has 0 bridgehead atoms. The number of nitrogens with one attached hydrogen (secondary N) is 1. The van der Waals surface area contributed by atoms with Gasteiger partial charge < -0.3 is 5.32 Å². The number of benzene rings is 1. The number of hydrogen-bond donors (Lipinski definition) is 1. The van der Waals surface area contributed by atoms with E-state index in [0.29, 0.717) is 11.3 Å². The summed E-state index contributed by atoms with van der Waals surface area (Å²) in [5.74, 6) is 0.916. The summed E-state index contributed by atoms with van der Waals surface area (Å²) in [5, 5.41) is 4.40. The standard InChI is InChI=1S/C16H24BrNS/c1-3-12-8-9-15(18-4-2)16(10-12)19-14-7-5-6-13(17)11-14/h5-7,11-12,15-16,18H,3-4,8-10H2,1-2H3. The van der Waals surface area contributed by atoms with Crippen LogP contribution in [0, 0.1) is 5.92 Å². The first-order chi connectivity index (χ1) is 9.22. The van der Waals surface area contributed by atoms with E-state index in [-0.39, 0.29) is 0 Å². The van der Waals surface area contributed by atoms with E-state index in [1.165, 1.54) is 35.1 Å². The van der Waals surface area contributed by atoms with Crippen LogP contribution >= 0.6 is 27.7 Å². The summed E-state index contributed by atoms with van der Waals surface area (Å²) in [7, 11) is 0. The molecule has 1 saturated carbocycles. The summed E-state index contributed by atoms with van der Waals surface area (Å²) in [4.78, 5) is 1.39. The Balaban J connectivity index is 2.04. The predicted molar refractivity (Wildman–Crippen MR) is 88.9 cm³/mol.